The van der Waals surface area contributed by atoms with E-state index in [0.717, 1.165) is 11.3 Å². The van der Waals surface area contributed by atoms with E-state index in [9.17, 15) is 9.59 Å². The van der Waals surface area contributed by atoms with Crippen molar-refractivity contribution in [2.75, 3.05) is 6.61 Å². The van der Waals surface area contributed by atoms with E-state index in [1.54, 1.807) is 13.0 Å². The molecule has 1 N–H and O–H groups in total. The molecule has 6 heteroatoms. The molecule has 0 aliphatic heterocycles. The van der Waals surface area contributed by atoms with Crippen molar-refractivity contribution in [2.45, 2.75) is 39.8 Å². The Labute approximate surface area is 141 Å². The van der Waals surface area contributed by atoms with Crippen molar-refractivity contribution in [3.8, 4) is 17.0 Å². The Bertz CT molecular complexity index is 751. The fraction of sp³-hybridized carbons (Fsp3) is 0.389. The first kappa shape index (κ1) is 17.7. The number of hydrogen-bond donors (Lipinski definition) is 1. The summed E-state index contributed by atoms with van der Waals surface area (Å²) in [5.41, 5.74) is 1.17. The first-order valence-corrected chi connectivity index (χ1v) is 8.06. The molecule has 24 heavy (non-hydrogen) atoms. The predicted octanol–water partition coefficient (Wildman–Crippen LogP) is 2.39. The van der Waals surface area contributed by atoms with Crippen LogP contribution in [0.15, 0.2) is 41.2 Å². The monoisotopic (exact) mass is 329 g/mol. The molecule has 1 aromatic heterocycles. The van der Waals surface area contributed by atoms with Gasteiger partial charge in [-0.3, -0.25) is 9.59 Å². The second-order valence-electron chi connectivity index (χ2n) is 5.80. The first-order valence-electron chi connectivity index (χ1n) is 8.06. The quantitative estimate of drug-likeness (QED) is 0.883. The van der Waals surface area contributed by atoms with Gasteiger partial charge in [0.2, 0.25) is 5.91 Å². The average Bonchev–Trinajstić information content (AvgIpc) is 2.55. The van der Waals surface area contributed by atoms with E-state index in [2.05, 4.69) is 10.4 Å². The summed E-state index contributed by atoms with van der Waals surface area (Å²) < 4.78 is 6.63. The van der Waals surface area contributed by atoms with Gasteiger partial charge in [0.15, 0.2) is 0 Å². The van der Waals surface area contributed by atoms with Crippen LogP contribution in [0.25, 0.3) is 11.3 Å². The molecule has 2 aromatic rings. The summed E-state index contributed by atoms with van der Waals surface area (Å²) in [7, 11) is 0. The van der Waals surface area contributed by atoms with E-state index in [1.807, 2.05) is 45.0 Å². The number of carbonyl (C=O) groups excluding carboxylic acids is 1. The van der Waals surface area contributed by atoms with Crippen LogP contribution in [-0.2, 0) is 4.79 Å². The summed E-state index contributed by atoms with van der Waals surface area (Å²) >= 11 is 0. The van der Waals surface area contributed by atoms with Crippen LogP contribution in [-0.4, -0.2) is 28.3 Å². The predicted molar refractivity (Wildman–Crippen MR) is 93.1 cm³/mol. The van der Waals surface area contributed by atoms with Crippen LogP contribution in [0.5, 0.6) is 5.75 Å². The molecule has 0 radical (unpaired) electrons. The third-order valence-corrected chi connectivity index (χ3v) is 3.46. The fourth-order valence-electron chi connectivity index (χ4n) is 2.26. The third kappa shape index (κ3) is 4.22. The number of ether oxygens (including phenoxy) is 1. The molecule has 0 spiro atoms. The lowest BCUT2D eigenvalue weighted by atomic mass is 10.1. The molecule has 0 aliphatic carbocycles. The van der Waals surface area contributed by atoms with Gasteiger partial charge in [-0.25, -0.2) is 4.68 Å². The maximum Gasteiger partial charge on any atom is 0.267 e. The van der Waals surface area contributed by atoms with E-state index < -0.39 is 6.04 Å². The van der Waals surface area contributed by atoms with Crippen LogP contribution in [0.3, 0.4) is 0 Å². The molecule has 0 aliphatic rings. The maximum absolute atomic E-state index is 12.1. The Morgan fingerprint density at radius 3 is 2.42 bits per heavy atom. The highest BCUT2D eigenvalue weighted by Crippen LogP contribution is 2.20. The van der Waals surface area contributed by atoms with Crippen molar-refractivity contribution in [1.29, 1.82) is 0 Å². The van der Waals surface area contributed by atoms with E-state index in [1.165, 1.54) is 10.7 Å². The van der Waals surface area contributed by atoms with Crippen molar-refractivity contribution in [3.05, 3.63) is 46.8 Å². The number of benzene rings is 1. The summed E-state index contributed by atoms with van der Waals surface area (Å²) in [6, 6.07) is 9.87. The van der Waals surface area contributed by atoms with E-state index >= 15 is 0 Å². The number of carbonyl (C=O) groups is 1. The van der Waals surface area contributed by atoms with Gasteiger partial charge in [-0.05, 0) is 58.0 Å². The highest BCUT2D eigenvalue weighted by Gasteiger charge is 2.18. The normalized spacial score (nSPS) is 12.0. The van der Waals surface area contributed by atoms with Gasteiger partial charge in [0.25, 0.3) is 5.56 Å². The molecule has 1 aromatic carbocycles. The zero-order chi connectivity index (χ0) is 17.7. The van der Waals surface area contributed by atoms with Crippen molar-refractivity contribution >= 4 is 5.91 Å². The minimum Gasteiger partial charge on any atom is -0.494 e. The fourth-order valence-corrected chi connectivity index (χ4v) is 2.26. The summed E-state index contributed by atoms with van der Waals surface area (Å²) in [6.07, 6.45) is 0. The third-order valence-electron chi connectivity index (χ3n) is 3.46. The Hall–Kier alpha value is -2.63. The highest BCUT2D eigenvalue weighted by atomic mass is 16.5. The molecule has 128 valence electrons. The first-order chi connectivity index (χ1) is 11.4. The Balaban J connectivity index is 2.31. The molecule has 0 bridgehead atoms. The highest BCUT2D eigenvalue weighted by molar-refractivity contribution is 5.80. The number of hydrogen-bond acceptors (Lipinski definition) is 4. The van der Waals surface area contributed by atoms with Crippen LogP contribution in [0, 0.1) is 0 Å². The zero-order valence-corrected chi connectivity index (χ0v) is 14.4. The van der Waals surface area contributed by atoms with Crippen molar-refractivity contribution < 1.29 is 9.53 Å². The van der Waals surface area contributed by atoms with Crippen molar-refractivity contribution in [2.24, 2.45) is 0 Å². The van der Waals surface area contributed by atoms with Gasteiger partial charge in [0.1, 0.15) is 11.8 Å². The van der Waals surface area contributed by atoms with Crippen LogP contribution >= 0.6 is 0 Å². The van der Waals surface area contributed by atoms with Crippen LogP contribution < -0.4 is 15.6 Å². The van der Waals surface area contributed by atoms with Crippen molar-refractivity contribution in [3.63, 3.8) is 0 Å². The van der Waals surface area contributed by atoms with E-state index in [-0.39, 0.29) is 17.5 Å². The SMILES string of the molecule is CCOc1ccc(-c2ccc(=O)n(C(C)C(=O)NC(C)C)n2)cc1. The number of aromatic nitrogens is 2. The summed E-state index contributed by atoms with van der Waals surface area (Å²) in [6.45, 7) is 7.93. The second kappa shape index (κ2) is 7.77. The molecule has 0 fully saturated rings. The number of nitrogens with one attached hydrogen (secondary N) is 1. The van der Waals surface area contributed by atoms with Gasteiger partial charge in [-0.15, -0.1) is 0 Å². The van der Waals surface area contributed by atoms with E-state index in [4.69, 9.17) is 4.74 Å². The molecule has 1 atom stereocenters. The lowest BCUT2D eigenvalue weighted by Gasteiger charge is -2.16. The standard InChI is InChI=1S/C18H23N3O3/c1-5-24-15-8-6-14(7-9-15)16-10-11-17(22)21(20-16)13(4)18(23)19-12(2)3/h6-13H,5H2,1-4H3,(H,19,23). The Kier molecular flexibility index (Phi) is 5.73. The molecule has 1 heterocycles. The largest absolute Gasteiger partial charge is 0.494 e. The summed E-state index contributed by atoms with van der Waals surface area (Å²) in [4.78, 5) is 24.2. The topological polar surface area (TPSA) is 73.2 Å². The van der Waals surface area contributed by atoms with Gasteiger partial charge in [-0.2, -0.15) is 5.10 Å². The smallest absolute Gasteiger partial charge is 0.267 e. The molecule has 6 nitrogen and oxygen atoms in total. The number of amides is 1. The maximum atomic E-state index is 12.1. The van der Waals surface area contributed by atoms with Crippen LogP contribution in [0.2, 0.25) is 0 Å². The van der Waals surface area contributed by atoms with Crippen LogP contribution in [0.1, 0.15) is 33.7 Å². The second-order valence-corrected chi connectivity index (χ2v) is 5.80. The van der Waals surface area contributed by atoms with Gasteiger partial charge in [0, 0.05) is 17.7 Å². The number of rotatable bonds is 6. The molecule has 0 saturated heterocycles. The van der Waals surface area contributed by atoms with Crippen molar-refractivity contribution in [1.82, 2.24) is 15.1 Å². The lowest BCUT2D eigenvalue weighted by Crippen LogP contribution is -2.39. The molecule has 1 unspecified atom stereocenters. The van der Waals surface area contributed by atoms with Gasteiger partial charge >= 0.3 is 0 Å². The average molecular weight is 329 g/mol. The van der Waals surface area contributed by atoms with Gasteiger partial charge in [-0.1, -0.05) is 0 Å². The summed E-state index contributed by atoms with van der Waals surface area (Å²) in [5, 5.41) is 7.14. The lowest BCUT2D eigenvalue weighted by molar-refractivity contribution is -0.124. The Morgan fingerprint density at radius 2 is 1.83 bits per heavy atom. The van der Waals surface area contributed by atoms with Gasteiger partial charge < -0.3 is 10.1 Å². The minimum atomic E-state index is -0.678. The molecule has 0 saturated carbocycles. The van der Waals surface area contributed by atoms with Gasteiger partial charge in [0.05, 0.1) is 12.3 Å². The minimum absolute atomic E-state index is 0.00458. The zero-order valence-electron chi connectivity index (χ0n) is 14.4. The molecular formula is C18H23N3O3. The molecule has 2 rings (SSSR count). The summed E-state index contributed by atoms with van der Waals surface area (Å²) in [5.74, 6) is 0.544. The Morgan fingerprint density at radius 1 is 1.17 bits per heavy atom. The molecular weight excluding hydrogens is 306 g/mol. The van der Waals surface area contributed by atoms with Crippen LogP contribution in [0.4, 0.5) is 0 Å². The van der Waals surface area contributed by atoms with E-state index in [0.29, 0.717) is 12.3 Å². The number of nitrogens with zero attached hydrogens (tertiary/aromatic N) is 2. The molecule has 1 amide bonds.